The molecule has 3 rings (SSSR count). The van der Waals surface area contributed by atoms with Crippen molar-refractivity contribution in [3.05, 3.63) is 70.6 Å². The Hall–Kier alpha value is -2.02. The number of hydrogen-bond donors (Lipinski definition) is 1. The third-order valence-corrected chi connectivity index (χ3v) is 4.46. The lowest BCUT2D eigenvalue weighted by Crippen LogP contribution is -2.00. The smallest absolute Gasteiger partial charge is 0.0415 e. The number of benzene rings is 1. The first-order chi connectivity index (χ1) is 10.3. The van der Waals surface area contributed by atoms with E-state index >= 15 is 0 Å². The van der Waals surface area contributed by atoms with Crippen LogP contribution in [-0.2, 0) is 12.8 Å². The fraction of sp³-hybridized carbons (Fsp3) is 0.300. The normalized spacial score (nSPS) is 15.4. The monoisotopic (exact) mass is 277 g/mol. The maximum Gasteiger partial charge on any atom is 0.0415 e. The van der Waals surface area contributed by atoms with Crippen LogP contribution in [0.3, 0.4) is 0 Å². The van der Waals surface area contributed by atoms with Crippen molar-refractivity contribution < 1.29 is 0 Å². The quantitative estimate of drug-likeness (QED) is 0.731. The minimum absolute atomic E-state index is 1.21. The SMILES string of the molecule is C/C=C(/C=C\c1[nH]c2c(c1C)CCCC2)c1ccccc1. The first-order valence-electron chi connectivity index (χ1n) is 7.89. The largest absolute Gasteiger partial charge is 0.358 e. The molecule has 0 saturated carbocycles. The lowest BCUT2D eigenvalue weighted by atomic mass is 9.95. The van der Waals surface area contributed by atoms with Gasteiger partial charge in [-0.05, 0) is 67.9 Å². The van der Waals surface area contributed by atoms with E-state index in [2.05, 4.69) is 67.4 Å². The fourth-order valence-corrected chi connectivity index (χ4v) is 3.21. The predicted octanol–water partition coefficient (Wildman–Crippen LogP) is 5.32. The second-order valence-corrected chi connectivity index (χ2v) is 5.77. The van der Waals surface area contributed by atoms with Crippen molar-refractivity contribution in [1.82, 2.24) is 4.98 Å². The molecule has 0 unspecified atom stereocenters. The molecule has 0 bridgehead atoms. The average molecular weight is 277 g/mol. The van der Waals surface area contributed by atoms with Gasteiger partial charge in [-0.2, -0.15) is 0 Å². The minimum atomic E-state index is 1.21. The zero-order chi connectivity index (χ0) is 14.7. The number of allylic oxidation sites excluding steroid dienone is 3. The summed E-state index contributed by atoms with van der Waals surface area (Å²) in [6.45, 7) is 4.34. The summed E-state index contributed by atoms with van der Waals surface area (Å²) in [5.41, 5.74) is 8.26. The topological polar surface area (TPSA) is 15.8 Å². The Balaban J connectivity index is 1.87. The van der Waals surface area contributed by atoms with Crippen molar-refractivity contribution in [1.29, 1.82) is 0 Å². The second kappa shape index (κ2) is 6.17. The highest BCUT2D eigenvalue weighted by molar-refractivity contribution is 5.78. The molecule has 1 nitrogen and oxygen atoms in total. The van der Waals surface area contributed by atoms with Crippen LogP contribution in [-0.4, -0.2) is 4.98 Å². The van der Waals surface area contributed by atoms with E-state index < -0.39 is 0 Å². The molecule has 0 atom stereocenters. The van der Waals surface area contributed by atoms with Crippen LogP contribution in [0, 0.1) is 6.92 Å². The second-order valence-electron chi connectivity index (χ2n) is 5.77. The van der Waals surface area contributed by atoms with Gasteiger partial charge in [-0.15, -0.1) is 0 Å². The van der Waals surface area contributed by atoms with Gasteiger partial charge in [-0.25, -0.2) is 0 Å². The maximum absolute atomic E-state index is 3.62. The lowest BCUT2D eigenvalue weighted by molar-refractivity contribution is 0.675. The number of aromatic nitrogens is 1. The van der Waals surface area contributed by atoms with E-state index in [-0.39, 0.29) is 0 Å². The van der Waals surface area contributed by atoms with E-state index in [0.717, 1.165) is 0 Å². The predicted molar refractivity (Wildman–Crippen MR) is 91.3 cm³/mol. The highest BCUT2D eigenvalue weighted by Crippen LogP contribution is 2.27. The summed E-state index contributed by atoms with van der Waals surface area (Å²) in [6, 6.07) is 10.6. The number of nitrogens with one attached hydrogen (secondary N) is 1. The summed E-state index contributed by atoms with van der Waals surface area (Å²) < 4.78 is 0. The molecular formula is C20H23N. The number of aromatic amines is 1. The van der Waals surface area contributed by atoms with Gasteiger partial charge in [0, 0.05) is 11.4 Å². The molecule has 0 aliphatic heterocycles. The van der Waals surface area contributed by atoms with Gasteiger partial charge >= 0.3 is 0 Å². The van der Waals surface area contributed by atoms with E-state index in [4.69, 9.17) is 0 Å². The molecule has 0 saturated heterocycles. The van der Waals surface area contributed by atoms with Crippen LogP contribution >= 0.6 is 0 Å². The van der Waals surface area contributed by atoms with Crippen molar-refractivity contribution in [2.45, 2.75) is 39.5 Å². The Bertz CT molecular complexity index is 671. The molecule has 0 spiro atoms. The molecule has 21 heavy (non-hydrogen) atoms. The van der Waals surface area contributed by atoms with E-state index in [9.17, 15) is 0 Å². The van der Waals surface area contributed by atoms with Crippen LogP contribution in [0.5, 0.6) is 0 Å². The van der Waals surface area contributed by atoms with Crippen LogP contribution in [0.4, 0.5) is 0 Å². The Kier molecular flexibility index (Phi) is 4.10. The molecule has 1 aromatic carbocycles. The highest BCUT2D eigenvalue weighted by atomic mass is 14.7. The highest BCUT2D eigenvalue weighted by Gasteiger charge is 2.15. The van der Waals surface area contributed by atoms with Gasteiger partial charge in [0.05, 0.1) is 0 Å². The summed E-state index contributed by atoms with van der Waals surface area (Å²) in [5.74, 6) is 0. The van der Waals surface area contributed by atoms with Gasteiger partial charge in [0.1, 0.15) is 0 Å². The summed E-state index contributed by atoms with van der Waals surface area (Å²) in [6.07, 6.45) is 11.7. The molecule has 2 aromatic rings. The third-order valence-electron chi connectivity index (χ3n) is 4.46. The van der Waals surface area contributed by atoms with Crippen LogP contribution < -0.4 is 0 Å². The summed E-state index contributed by atoms with van der Waals surface area (Å²) in [4.78, 5) is 3.62. The van der Waals surface area contributed by atoms with Crippen LogP contribution in [0.25, 0.3) is 11.6 Å². The summed E-state index contributed by atoms with van der Waals surface area (Å²) in [5, 5.41) is 0. The van der Waals surface area contributed by atoms with Crippen LogP contribution in [0.15, 0.2) is 42.5 Å². The van der Waals surface area contributed by atoms with Crippen LogP contribution in [0.2, 0.25) is 0 Å². The molecular weight excluding hydrogens is 254 g/mol. The van der Waals surface area contributed by atoms with Crippen molar-refractivity contribution in [2.24, 2.45) is 0 Å². The number of hydrogen-bond acceptors (Lipinski definition) is 0. The first-order valence-corrected chi connectivity index (χ1v) is 7.89. The van der Waals surface area contributed by atoms with Gasteiger partial charge in [0.2, 0.25) is 0 Å². The molecule has 1 aliphatic carbocycles. The van der Waals surface area contributed by atoms with Crippen LogP contribution in [0.1, 0.15) is 47.8 Å². The van der Waals surface area contributed by atoms with Crippen molar-refractivity contribution in [3.8, 4) is 0 Å². The van der Waals surface area contributed by atoms with Gasteiger partial charge in [-0.1, -0.05) is 42.5 Å². The number of aryl methyl sites for hydroxylation is 1. The van der Waals surface area contributed by atoms with Gasteiger partial charge in [0.15, 0.2) is 0 Å². The van der Waals surface area contributed by atoms with E-state index in [1.807, 2.05) is 0 Å². The molecule has 1 aliphatic rings. The standard InChI is InChI=1S/C20H23N/c1-3-16(17-9-5-4-6-10-17)13-14-19-15(2)18-11-7-8-12-20(18)21-19/h3-6,9-10,13-14,21H,7-8,11-12H2,1-2H3/b14-13-,16-3-. The van der Waals surface area contributed by atoms with Gasteiger partial charge in [-0.3, -0.25) is 0 Å². The summed E-state index contributed by atoms with van der Waals surface area (Å²) >= 11 is 0. The lowest BCUT2D eigenvalue weighted by Gasteiger charge is -2.10. The molecule has 1 heteroatoms. The average Bonchev–Trinajstić information content (AvgIpc) is 2.86. The zero-order valence-corrected chi connectivity index (χ0v) is 12.9. The molecule has 0 radical (unpaired) electrons. The molecule has 1 N–H and O–H groups in total. The number of H-pyrrole nitrogens is 1. The Labute approximate surface area is 127 Å². The third kappa shape index (κ3) is 2.87. The Morgan fingerprint density at radius 1 is 1.10 bits per heavy atom. The Morgan fingerprint density at radius 3 is 2.57 bits per heavy atom. The minimum Gasteiger partial charge on any atom is -0.358 e. The van der Waals surface area contributed by atoms with E-state index in [1.165, 1.54) is 53.8 Å². The van der Waals surface area contributed by atoms with Gasteiger partial charge < -0.3 is 4.98 Å². The summed E-state index contributed by atoms with van der Waals surface area (Å²) in [7, 11) is 0. The van der Waals surface area contributed by atoms with Gasteiger partial charge in [0.25, 0.3) is 0 Å². The molecule has 108 valence electrons. The van der Waals surface area contributed by atoms with E-state index in [0.29, 0.717) is 0 Å². The first kappa shape index (κ1) is 13.9. The maximum atomic E-state index is 3.62. The molecule has 1 heterocycles. The van der Waals surface area contributed by atoms with Crippen molar-refractivity contribution in [2.75, 3.05) is 0 Å². The Morgan fingerprint density at radius 2 is 1.86 bits per heavy atom. The zero-order valence-electron chi connectivity index (χ0n) is 12.9. The molecule has 0 fully saturated rings. The number of rotatable bonds is 3. The number of fused-ring (bicyclic) bond motifs is 1. The van der Waals surface area contributed by atoms with Crippen molar-refractivity contribution >= 4 is 11.6 Å². The fourth-order valence-electron chi connectivity index (χ4n) is 3.21. The molecule has 1 aromatic heterocycles. The van der Waals surface area contributed by atoms with E-state index in [1.54, 1.807) is 5.56 Å². The van der Waals surface area contributed by atoms with Crippen molar-refractivity contribution in [3.63, 3.8) is 0 Å². The molecule has 0 amide bonds.